The lowest BCUT2D eigenvalue weighted by Crippen LogP contribution is -2.49. The van der Waals surface area contributed by atoms with Gasteiger partial charge in [-0.25, -0.2) is 4.79 Å². The Morgan fingerprint density at radius 2 is 1.93 bits per heavy atom. The molecule has 1 atom stereocenters. The van der Waals surface area contributed by atoms with Crippen molar-refractivity contribution >= 4 is 12.1 Å². The first kappa shape index (κ1) is 25.3. The van der Waals surface area contributed by atoms with Crippen LogP contribution in [0.2, 0.25) is 0 Å². The van der Waals surface area contributed by atoms with Gasteiger partial charge in [-0.3, -0.25) is 9.89 Å². The van der Waals surface area contributed by atoms with Gasteiger partial charge in [-0.2, -0.15) is 0 Å². The third kappa shape index (κ3) is 11.7. The Bertz CT molecular complexity index is 534. The van der Waals surface area contributed by atoms with E-state index in [-0.39, 0.29) is 12.1 Å². The molecule has 1 aliphatic heterocycles. The average molecular weight is 410 g/mol. The van der Waals surface area contributed by atoms with Crippen LogP contribution in [0.15, 0.2) is 17.1 Å². The van der Waals surface area contributed by atoms with Crippen molar-refractivity contribution in [2.75, 3.05) is 32.7 Å². The van der Waals surface area contributed by atoms with Gasteiger partial charge >= 0.3 is 6.09 Å². The number of nitrogens with one attached hydrogen (secondary N) is 3. The van der Waals surface area contributed by atoms with E-state index in [9.17, 15) is 4.79 Å². The van der Waals surface area contributed by atoms with Gasteiger partial charge in [-0.05, 0) is 53.9 Å². The second-order valence-electron chi connectivity index (χ2n) is 9.00. The van der Waals surface area contributed by atoms with Crippen LogP contribution < -0.4 is 16.0 Å². The van der Waals surface area contributed by atoms with Gasteiger partial charge in [0, 0.05) is 32.2 Å². The van der Waals surface area contributed by atoms with Crippen molar-refractivity contribution in [3.8, 4) is 0 Å². The number of piperidine rings is 1. The predicted molar refractivity (Wildman–Crippen MR) is 121 cm³/mol. The van der Waals surface area contributed by atoms with Crippen LogP contribution in [0.25, 0.3) is 0 Å². The van der Waals surface area contributed by atoms with E-state index < -0.39 is 5.60 Å². The van der Waals surface area contributed by atoms with Gasteiger partial charge in [0.2, 0.25) is 0 Å². The zero-order chi connectivity index (χ0) is 21.9. The molecule has 0 aromatic rings. The smallest absolute Gasteiger partial charge is 0.407 e. The molecule has 1 heterocycles. The van der Waals surface area contributed by atoms with Gasteiger partial charge in [0.25, 0.3) is 0 Å². The van der Waals surface area contributed by atoms with E-state index in [1.54, 1.807) is 0 Å². The molecule has 0 aliphatic carbocycles. The van der Waals surface area contributed by atoms with E-state index in [0.717, 1.165) is 57.8 Å². The summed E-state index contributed by atoms with van der Waals surface area (Å²) in [6.45, 7) is 20.3. The summed E-state index contributed by atoms with van der Waals surface area (Å²) in [7, 11) is 0. The molecule has 0 aromatic carbocycles. The van der Waals surface area contributed by atoms with Gasteiger partial charge in [0.05, 0.1) is 12.6 Å². The minimum atomic E-state index is -0.500. The number of ether oxygens (including phenoxy) is 1. The number of aliphatic imine (C=N–C) groups is 1. The maximum Gasteiger partial charge on any atom is 0.407 e. The zero-order valence-corrected chi connectivity index (χ0v) is 19.4. The second kappa shape index (κ2) is 12.7. The van der Waals surface area contributed by atoms with Crippen LogP contribution in [0, 0.1) is 0 Å². The maximum atomic E-state index is 12.1. The molecule has 0 saturated carbocycles. The Hall–Kier alpha value is -1.76. The van der Waals surface area contributed by atoms with E-state index in [1.807, 2.05) is 20.8 Å². The number of carbonyl (C=O) groups excluding carboxylic acids is 1. The second-order valence-corrected chi connectivity index (χ2v) is 9.00. The van der Waals surface area contributed by atoms with Crippen LogP contribution in [-0.4, -0.2) is 67.4 Å². The summed E-state index contributed by atoms with van der Waals surface area (Å²) in [5.74, 6) is 0.818. The molecule has 1 aliphatic rings. The van der Waals surface area contributed by atoms with Crippen LogP contribution in [-0.2, 0) is 4.74 Å². The third-order valence-corrected chi connectivity index (χ3v) is 4.59. The minimum Gasteiger partial charge on any atom is -0.444 e. The van der Waals surface area contributed by atoms with E-state index in [1.165, 1.54) is 5.57 Å². The molecule has 1 rings (SSSR count). The van der Waals surface area contributed by atoms with E-state index in [4.69, 9.17) is 9.73 Å². The first-order valence-electron chi connectivity index (χ1n) is 11.0. The normalized spacial score (nSPS) is 17.5. The lowest BCUT2D eigenvalue weighted by Gasteiger charge is -2.33. The van der Waals surface area contributed by atoms with E-state index in [2.05, 4.69) is 48.2 Å². The van der Waals surface area contributed by atoms with Crippen LogP contribution >= 0.6 is 0 Å². The highest BCUT2D eigenvalue weighted by Gasteiger charge is 2.21. The Balaban J connectivity index is 2.59. The molecule has 0 spiro atoms. The summed E-state index contributed by atoms with van der Waals surface area (Å²) in [5, 5.41) is 9.86. The Morgan fingerprint density at radius 1 is 1.28 bits per heavy atom. The van der Waals surface area contributed by atoms with Crippen LogP contribution in [0.1, 0.15) is 67.2 Å². The summed E-state index contributed by atoms with van der Waals surface area (Å²) < 4.78 is 5.39. The fourth-order valence-electron chi connectivity index (χ4n) is 3.36. The SMILES string of the molecule is C=C(C)CN1CCC(NC(=NCC(CCC)NC(=O)OC(C)(C)C)NCC)CC1. The van der Waals surface area contributed by atoms with Gasteiger partial charge in [-0.1, -0.05) is 25.5 Å². The topological polar surface area (TPSA) is 78.0 Å². The van der Waals surface area contributed by atoms with Gasteiger partial charge in [0.1, 0.15) is 5.60 Å². The molecular formula is C22H43N5O2. The zero-order valence-electron chi connectivity index (χ0n) is 19.4. The fraction of sp³-hybridized carbons (Fsp3) is 0.818. The molecule has 7 heteroatoms. The molecule has 1 fully saturated rings. The van der Waals surface area contributed by atoms with Crippen molar-refractivity contribution in [1.82, 2.24) is 20.9 Å². The summed E-state index contributed by atoms with van der Waals surface area (Å²) in [5.41, 5.74) is 0.713. The lowest BCUT2D eigenvalue weighted by molar-refractivity contribution is 0.0503. The molecule has 0 aromatic heterocycles. The molecule has 29 heavy (non-hydrogen) atoms. The van der Waals surface area contributed by atoms with Crippen LogP contribution in [0.3, 0.4) is 0 Å². The molecule has 3 N–H and O–H groups in total. The van der Waals surface area contributed by atoms with Crippen LogP contribution in [0.4, 0.5) is 4.79 Å². The summed E-state index contributed by atoms with van der Waals surface area (Å²) in [6.07, 6.45) is 3.63. The Kier molecular flexibility index (Phi) is 11.1. The monoisotopic (exact) mass is 409 g/mol. The number of carbonyl (C=O) groups is 1. The summed E-state index contributed by atoms with van der Waals surface area (Å²) >= 11 is 0. The highest BCUT2D eigenvalue weighted by molar-refractivity contribution is 5.80. The Morgan fingerprint density at radius 3 is 2.45 bits per heavy atom. The van der Waals surface area contributed by atoms with Crippen molar-refractivity contribution in [3.63, 3.8) is 0 Å². The average Bonchev–Trinajstić information content (AvgIpc) is 2.59. The Labute approximate surface area is 177 Å². The number of hydrogen-bond donors (Lipinski definition) is 3. The first-order chi connectivity index (χ1) is 13.6. The lowest BCUT2D eigenvalue weighted by atomic mass is 10.0. The predicted octanol–water partition coefficient (Wildman–Crippen LogP) is 3.28. The molecular weight excluding hydrogens is 366 g/mol. The van der Waals surface area contributed by atoms with Gasteiger partial charge < -0.3 is 20.7 Å². The van der Waals surface area contributed by atoms with Crippen LogP contribution in [0.5, 0.6) is 0 Å². The number of amides is 1. The number of hydrogen-bond acceptors (Lipinski definition) is 4. The summed E-state index contributed by atoms with van der Waals surface area (Å²) in [6, 6.07) is 0.375. The quantitative estimate of drug-likeness (QED) is 0.309. The van der Waals surface area contributed by atoms with E-state index in [0.29, 0.717) is 12.6 Å². The van der Waals surface area contributed by atoms with Gasteiger partial charge in [0.15, 0.2) is 5.96 Å². The molecule has 1 unspecified atom stereocenters. The molecule has 0 bridgehead atoms. The number of nitrogens with zero attached hydrogens (tertiary/aromatic N) is 2. The molecule has 7 nitrogen and oxygen atoms in total. The van der Waals surface area contributed by atoms with Crippen molar-refractivity contribution in [2.45, 2.75) is 84.9 Å². The number of alkyl carbamates (subject to hydrolysis) is 1. The van der Waals surface area contributed by atoms with Crippen molar-refractivity contribution in [3.05, 3.63) is 12.2 Å². The largest absolute Gasteiger partial charge is 0.444 e. The van der Waals surface area contributed by atoms with Crippen molar-refractivity contribution in [1.29, 1.82) is 0 Å². The highest BCUT2D eigenvalue weighted by Crippen LogP contribution is 2.12. The van der Waals surface area contributed by atoms with Crippen molar-refractivity contribution in [2.24, 2.45) is 4.99 Å². The standard InChI is InChI=1S/C22H43N5O2/c1-8-10-19(26-21(28)29-22(5,6)7)15-24-20(23-9-2)25-18-11-13-27(14-12-18)16-17(3)4/h18-19H,3,8-16H2,1-2,4-7H3,(H,26,28)(H2,23,24,25). The molecule has 1 amide bonds. The summed E-state index contributed by atoms with van der Waals surface area (Å²) in [4.78, 5) is 19.3. The van der Waals surface area contributed by atoms with Gasteiger partial charge in [-0.15, -0.1) is 0 Å². The molecule has 0 radical (unpaired) electrons. The maximum absolute atomic E-state index is 12.1. The number of likely N-dealkylation sites (tertiary alicyclic amines) is 1. The highest BCUT2D eigenvalue weighted by atomic mass is 16.6. The minimum absolute atomic E-state index is 0.0391. The van der Waals surface area contributed by atoms with Crippen molar-refractivity contribution < 1.29 is 9.53 Å². The first-order valence-corrected chi connectivity index (χ1v) is 11.0. The van der Waals surface area contributed by atoms with E-state index >= 15 is 0 Å². The third-order valence-electron chi connectivity index (χ3n) is 4.59. The number of guanidine groups is 1. The molecule has 168 valence electrons. The fourth-order valence-corrected chi connectivity index (χ4v) is 3.36. The molecule has 1 saturated heterocycles. The number of rotatable bonds is 9.